The Bertz CT molecular complexity index is 1850. The van der Waals surface area contributed by atoms with Crippen molar-refractivity contribution in [1.82, 2.24) is 40.8 Å². The number of pyridine rings is 1. The second-order valence-corrected chi connectivity index (χ2v) is 14.7. The molecule has 5 rings (SSSR count). The lowest BCUT2D eigenvalue weighted by Crippen LogP contribution is -2.56. The Hall–Kier alpha value is -5.45. The second-order valence-electron chi connectivity index (χ2n) is 14.7. The molecule has 3 aromatic rings. The number of rotatable bonds is 16. The number of hydrogen-bond donors (Lipinski definition) is 6. The molecule has 2 fully saturated rings. The molecule has 4 atom stereocenters. The van der Waals surface area contributed by atoms with Crippen molar-refractivity contribution in [1.29, 1.82) is 0 Å². The van der Waals surface area contributed by atoms with Crippen LogP contribution < -0.4 is 21.7 Å². The van der Waals surface area contributed by atoms with Crippen molar-refractivity contribution in [3.05, 3.63) is 54.0 Å². The molecule has 3 heterocycles. The Morgan fingerprint density at radius 2 is 1.76 bits per heavy atom. The molecule has 7 N–H and O–H groups in total. The highest BCUT2D eigenvalue weighted by Gasteiger charge is 2.45. The summed E-state index contributed by atoms with van der Waals surface area (Å²) in [4.78, 5) is 84.4. The molecule has 2 aromatic heterocycles. The number of fused-ring (bicyclic) bond motifs is 1. The highest BCUT2D eigenvalue weighted by Crippen LogP contribution is 2.34. The minimum Gasteiger partial charge on any atom is -0.465 e. The molecule has 0 spiro atoms. The van der Waals surface area contributed by atoms with Crippen LogP contribution in [0.1, 0.15) is 100 Å². The van der Waals surface area contributed by atoms with Crippen molar-refractivity contribution in [3.8, 4) is 0 Å². The van der Waals surface area contributed by atoms with E-state index in [2.05, 4.69) is 31.2 Å². The Labute approximate surface area is 312 Å². The molecule has 0 radical (unpaired) electrons. The van der Waals surface area contributed by atoms with Gasteiger partial charge >= 0.3 is 6.09 Å². The lowest BCUT2D eigenvalue weighted by atomic mass is 9.84. The van der Waals surface area contributed by atoms with Gasteiger partial charge in [-0.1, -0.05) is 49.5 Å². The highest BCUT2D eigenvalue weighted by atomic mass is 16.4. The van der Waals surface area contributed by atoms with Gasteiger partial charge in [0.2, 0.25) is 17.6 Å². The third-order valence-electron chi connectivity index (χ3n) is 10.3. The maximum atomic E-state index is 14.8. The summed E-state index contributed by atoms with van der Waals surface area (Å²) in [6, 6.07) is 4.54. The predicted octanol–water partition coefficient (Wildman–Crippen LogP) is 1.94. The molecule has 1 saturated carbocycles. The number of aliphatic hydroxyl groups is 1. The van der Waals surface area contributed by atoms with Gasteiger partial charge in [-0.05, 0) is 63.6 Å². The van der Waals surface area contributed by atoms with Crippen molar-refractivity contribution < 1.29 is 39.0 Å². The number of amides is 5. The minimum absolute atomic E-state index is 0.00884. The van der Waals surface area contributed by atoms with E-state index >= 15 is 0 Å². The molecule has 17 heteroatoms. The number of benzene rings is 1. The third kappa shape index (κ3) is 9.75. The van der Waals surface area contributed by atoms with Gasteiger partial charge in [0.1, 0.15) is 17.7 Å². The Kier molecular flexibility index (Phi) is 12.9. The van der Waals surface area contributed by atoms with Crippen LogP contribution in [0.5, 0.6) is 0 Å². The summed E-state index contributed by atoms with van der Waals surface area (Å²) in [5, 5.41) is 36.4. The summed E-state index contributed by atoms with van der Waals surface area (Å²) < 4.78 is 1.48. The highest BCUT2D eigenvalue weighted by molar-refractivity contribution is 6.37. The molecule has 54 heavy (non-hydrogen) atoms. The van der Waals surface area contributed by atoms with Crippen molar-refractivity contribution in [2.45, 2.75) is 108 Å². The van der Waals surface area contributed by atoms with Crippen LogP contribution in [0.2, 0.25) is 0 Å². The number of aromatic nitrogens is 4. The van der Waals surface area contributed by atoms with Crippen molar-refractivity contribution in [3.63, 3.8) is 0 Å². The van der Waals surface area contributed by atoms with Crippen LogP contribution in [0.4, 0.5) is 4.79 Å². The number of nitrogens with zero attached hydrogens (tertiary/aromatic N) is 5. The molecular weight excluding hydrogens is 698 g/mol. The molecule has 1 unspecified atom stereocenters. The number of unbranched alkanes of at least 4 members (excludes halogenated alkanes) is 1. The average molecular weight is 748 g/mol. The fourth-order valence-corrected chi connectivity index (χ4v) is 7.53. The number of nitrogens with one attached hydrogen (secondary N) is 3. The van der Waals surface area contributed by atoms with Gasteiger partial charge < -0.3 is 36.8 Å². The van der Waals surface area contributed by atoms with Gasteiger partial charge in [-0.3, -0.25) is 29.0 Å². The van der Waals surface area contributed by atoms with Gasteiger partial charge in [0.05, 0.1) is 29.5 Å². The first kappa shape index (κ1) is 39.8. The van der Waals surface area contributed by atoms with Crippen LogP contribution in [-0.4, -0.2) is 102 Å². The second kappa shape index (κ2) is 17.6. The maximum Gasteiger partial charge on any atom is 0.404 e. The van der Waals surface area contributed by atoms with Crippen LogP contribution in [0.25, 0.3) is 10.9 Å². The minimum atomic E-state index is -1.36. The molecule has 1 aromatic carbocycles. The predicted molar refractivity (Wildman–Crippen MR) is 195 cm³/mol. The van der Waals surface area contributed by atoms with E-state index in [1.54, 1.807) is 50.4 Å². The van der Waals surface area contributed by atoms with Crippen molar-refractivity contribution >= 4 is 46.4 Å². The molecule has 0 bridgehead atoms. The lowest BCUT2D eigenvalue weighted by molar-refractivity contribution is -0.142. The lowest BCUT2D eigenvalue weighted by Gasteiger charge is -2.32. The smallest absolute Gasteiger partial charge is 0.404 e. The first-order chi connectivity index (χ1) is 25.7. The summed E-state index contributed by atoms with van der Waals surface area (Å²) in [5.41, 5.74) is 5.29. The van der Waals surface area contributed by atoms with E-state index in [9.17, 15) is 33.9 Å². The van der Waals surface area contributed by atoms with Gasteiger partial charge in [0.25, 0.3) is 11.8 Å². The number of likely N-dealkylation sites (tertiary alicyclic amines) is 1. The SMILES string of the molecule is CC(C)(O)c1cnnn1[C@H]1C[C@@H](C(=O)NC(CCCCNC(=O)O)C(=O)C(N)=O)N(C(=O)[C@@H](CC2CCCCC2)NC(=O)c2cccc3ncccc23)C1. The number of hydrogen-bond acceptors (Lipinski definition) is 10. The summed E-state index contributed by atoms with van der Waals surface area (Å²) in [6.45, 7) is 3.19. The van der Waals surface area contributed by atoms with E-state index in [1.807, 2.05) is 0 Å². The number of nitrogens with two attached hydrogens (primary N) is 1. The average Bonchev–Trinajstić information content (AvgIpc) is 3.82. The fourth-order valence-electron chi connectivity index (χ4n) is 7.53. The number of carbonyl (C=O) groups excluding carboxylic acids is 5. The third-order valence-corrected chi connectivity index (χ3v) is 10.3. The molecule has 1 aliphatic heterocycles. The Balaban J connectivity index is 1.45. The molecule has 2 aliphatic rings. The van der Waals surface area contributed by atoms with Gasteiger partial charge in [-0.25, -0.2) is 9.48 Å². The van der Waals surface area contributed by atoms with Crippen LogP contribution in [0, 0.1) is 5.92 Å². The normalized spacial score (nSPS) is 18.8. The van der Waals surface area contributed by atoms with Crippen molar-refractivity contribution in [2.75, 3.05) is 13.1 Å². The summed E-state index contributed by atoms with van der Waals surface area (Å²) in [6.07, 6.45) is 7.63. The zero-order valence-corrected chi connectivity index (χ0v) is 30.6. The Morgan fingerprint density at radius 3 is 2.46 bits per heavy atom. The van der Waals surface area contributed by atoms with E-state index in [-0.39, 0.29) is 38.3 Å². The Morgan fingerprint density at radius 1 is 1.00 bits per heavy atom. The first-order valence-corrected chi connectivity index (χ1v) is 18.4. The molecule has 17 nitrogen and oxygen atoms in total. The largest absolute Gasteiger partial charge is 0.465 e. The number of primary amides is 1. The first-order valence-electron chi connectivity index (χ1n) is 18.4. The topological polar surface area (TPSA) is 252 Å². The van der Waals surface area contributed by atoms with Gasteiger partial charge in [-0.15, -0.1) is 5.10 Å². The van der Waals surface area contributed by atoms with Gasteiger partial charge in [0, 0.05) is 36.7 Å². The summed E-state index contributed by atoms with van der Waals surface area (Å²) in [7, 11) is 0. The zero-order chi connectivity index (χ0) is 39.0. The standard InChI is InChI=1S/C37H49N9O8/c1-37(2,54)30-20-41-44-46(30)23-19-29(34(50)42-27(31(47)32(38)48)14-6-7-16-40-36(52)53)45(21-23)35(51)28(18-22-10-4-3-5-11-22)43-33(49)25-12-8-15-26-24(25)13-9-17-39-26/h8-9,12-13,15,17,20,22-23,27-29,40,54H,3-7,10-11,14,16,18-19,21H2,1-2H3,(H2,38,48)(H,42,50)(H,43,49)(H,52,53)/t23-,27?,28+,29-/m0/s1. The molecule has 5 amide bonds. The van der Waals surface area contributed by atoms with Crippen molar-refractivity contribution in [2.24, 2.45) is 11.7 Å². The number of Topliss-reactive ketones (excluding diaryl/α,β-unsaturated/α-hetero) is 1. The van der Waals surface area contributed by atoms with E-state index in [0.29, 0.717) is 35.0 Å². The van der Waals surface area contributed by atoms with Crippen LogP contribution in [0.15, 0.2) is 42.7 Å². The monoisotopic (exact) mass is 747 g/mol. The van der Waals surface area contributed by atoms with Gasteiger partial charge in [0.15, 0.2) is 0 Å². The number of carbonyl (C=O) groups is 6. The maximum absolute atomic E-state index is 14.8. The molecular formula is C37H49N9O8. The quantitative estimate of drug-likeness (QED) is 0.0912. The molecule has 1 aliphatic carbocycles. The van der Waals surface area contributed by atoms with E-state index in [1.165, 1.54) is 15.8 Å². The van der Waals surface area contributed by atoms with Crippen LogP contribution in [0.3, 0.4) is 0 Å². The zero-order valence-electron chi connectivity index (χ0n) is 30.6. The van der Waals surface area contributed by atoms with Gasteiger partial charge in [-0.2, -0.15) is 0 Å². The summed E-state index contributed by atoms with van der Waals surface area (Å²) in [5.74, 6) is -3.82. The molecule has 1 saturated heterocycles. The fraction of sp³-hybridized carbons (Fsp3) is 0.541. The van der Waals surface area contributed by atoms with E-state index < -0.39 is 65.3 Å². The molecule has 290 valence electrons. The summed E-state index contributed by atoms with van der Waals surface area (Å²) >= 11 is 0. The van der Waals surface area contributed by atoms with Crippen LogP contribution >= 0.6 is 0 Å². The van der Waals surface area contributed by atoms with E-state index in [0.717, 1.165) is 32.1 Å². The number of carboxylic acid groups (broad SMARTS) is 1. The van der Waals surface area contributed by atoms with Crippen LogP contribution in [-0.2, 0) is 24.8 Å². The number of ketones is 1. The van der Waals surface area contributed by atoms with E-state index in [4.69, 9.17) is 10.8 Å².